The third-order valence-corrected chi connectivity index (χ3v) is 3.58. The van der Waals surface area contributed by atoms with Gasteiger partial charge < -0.3 is 10.6 Å². The highest BCUT2D eigenvalue weighted by atomic mass is 15.1. The van der Waals surface area contributed by atoms with Crippen LogP contribution in [-0.2, 0) is 0 Å². The van der Waals surface area contributed by atoms with E-state index < -0.39 is 0 Å². The van der Waals surface area contributed by atoms with E-state index in [1.807, 2.05) is 0 Å². The molecule has 0 aliphatic heterocycles. The fraction of sp³-hybridized carbons (Fsp3) is 0.368. The van der Waals surface area contributed by atoms with Gasteiger partial charge in [-0.2, -0.15) is 0 Å². The normalized spacial score (nSPS) is 12.1. The molecule has 0 saturated carbocycles. The minimum Gasteiger partial charge on any atom is -0.324 e. The molecule has 0 amide bonds. The third-order valence-electron chi connectivity index (χ3n) is 3.58. The maximum absolute atomic E-state index is 6.15. The lowest BCUT2D eigenvalue weighted by atomic mass is 9.90. The van der Waals surface area contributed by atoms with E-state index >= 15 is 0 Å². The van der Waals surface area contributed by atoms with E-state index in [1.165, 1.54) is 11.1 Å². The van der Waals surface area contributed by atoms with Gasteiger partial charge in [0, 0.05) is 24.5 Å². The van der Waals surface area contributed by atoms with Crippen molar-refractivity contribution in [3.8, 4) is 0 Å². The Hall–Kier alpha value is -1.64. The summed E-state index contributed by atoms with van der Waals surface area (Å²) in [6, 6.07) is 21.4. The van der Waals surface area contributed by atoms with E-state index in [0.717, 1.165) is 13.1 Å². The molecule has 0 aliphatic carbocycles. The van der Waals surface area contributed by atoms with E-state index in [1.54, 1.807) is 0 Å². The van der Waals surface area contributed by atoms with Crippen LogP contribution in [0.25, 0.3) is 0 Å². The Balaban J connectivity index is 2.21. The second-order valence-electron chi connectivity index (χ2n) is 6.56. The molecule has 0 unspecified atom stereocenters. The number of hydrogen-bond donors (Lipinski definition) is 1. The van der Waals surface area contributed by atoms with Crippen molar-refractivity contribution >= 4 is 0 Å². The van der Waals surface area contributed by atoms with Crippen molar-refractivity contribution in [1.82, 2.24) is 4.90 Å². The van der Waals surface area contributed by atoms with E-state index in [0.29, 0.717) is 5.92 Å². The molecule has 2 rings (SSSR count). The van der Waals surface area contributed by atoms with Crippen LogP contribution in [0.5, 0.6) is 0 Å². The number of nitrogens with zero attached hydrogens (tertiary/aromatic N) is 1. The molecule has 0 fully saturated rings. The van der Waals surface area contributed by atoms with Crippen LogP contribution in [0.15, 0.2) is 60.7 Å². The molecule has 21 heavy (non-hydrogen) atoms. The van der Waals surface area contributed by atoms with Crippen LogP contribution in [0.3, 0.4) is 0 Å². The van der Waals surface area contributed by atoms with Crippen LogP contribution in [-0.4, -0.2) is 30.6 Å². The van der Waals surface area contributed by atoms with Crippen LogP contribution in [0.4, 0.5) is 0 Å². The Morgan fingerprint density at radius 3 is 1.71 bits per heavy atom. The first-order valence-corrected chi connectivity index (χ1v) is 7.53. The fourth-order valence-electron chi connectivity index (χ4n) is 2.85. The van der Waals surface area contributed by atoms with Crippen molar-refractivity contribution in [3.05, 3.63) is 71.8 Å². The summed E-state index contributed by atoms with van der Waals surface area (Å²) in [5, 5.41) is 0. The number of hydrogen-bond acceptors (Lipinski definition) is 2. The Bertz CT molecular complexity index is 489. The number of likely N-dealkylation sites (N-methyl/N-ethyl adjacent to an activating group) is 1. The van der Waals surface area contributed by atoms with Crippen molar-refractivity contribution in [2.24, 2.45) is 5.73 Å². The molecule has 2 N–H and O–H groups in total. The second kappa shape index (κ2) is 6.88. The van der Waals surface area contributed by atoms with Crippen molar-refractivity contribution < 1.29 is 0 Å². The molecule has 0 saturated heterocycles. The predicted molar refractivity (Wildman–Crippen MR) is 90.5 cm³/mol. The van der Waals surface area contributed by atoms with Gasteiger partial charge in [-0.1, -0.05) is 60.7 Å². The van der Waals surface area contributed by atoms with Crippen LogP contribution in [0.2, 0.25) is 0 Å². The molecular formula is C19H26N2. The topological polar surface area (TPSA) is 29.3 Å². The zero-order valence-corrected chi connectivity index (χ0v) is 13.3. The zero-order chi connectivity index (χ0) is 15.3. The quantitative estimate of drug-likeness (QED) is 0.879. The lowest BCUT2D eigenvalue weighted by Crippen LogP contribution is -2.45. The van der Waals surface area contributed by atoms with E-state index in [9.17, 15) is 0 Å². The fourth-order valence-corrected chi connectivity index (χ4v) is 2.85. The van der Waals surface area contributed by atoms with Gasteiger partial charge >= 0.3 is 0 Å². The molecule has 112 valence electrons. The van der Waals surface area contributed by atoms with Gasteiger partial charge in [0.25, 0.3) is 0 Å². The van der Waals surface area contributed by atoms with Crippen molar-refractivity contribution in [2.75, 3.05) is 20.1 Å². The highest BCUT2D eigenvalue weighted by Gasteiger charge is 2.19. The minimum absolute atomic E-state index is 0.174. The zero-order valence-electron chi connectivity index (χ0n) is 13.3. The van der Waals surface area contributed by atoms with Gasteiger partial charge in [-0.15, -0.1) is 0 Å². The van der Waals surface area contributed by atoms with Gasteiger partial charge in [0.1, 0.15) is 0 Å². The Kier molecular flexibility index (Phi) is 5.16. The van der Waals surface area contributed by atoms with Crippen LogP contribution >= 0.6 is 0 Å². The average Bonchev–Trinajstić information content (AvgIpc) is 2.45. The molecular weight excluding hydrogens is 256 g/mol. The molecule has 0 heterocycles. The predicted octanol–water partition coefficient (Wildman–Crippen LogP) is 3.49. The third kappa shape index (κ3) is 5.00. The Labute approximate surface area is 128 Å². The van der Waals surface area contributed by atoms with Crippen LogP contribution in [0.1, 0.15) is 30.9 Å². The summed E-state index contributed by atoms with van der Waals surface area (Å²) in [7, 11) is 2.15. The van der Waals surface area contributed by atoms with Crippen LogP contribution in [0, 0.1) is 0 Å². The molecule has 0 bridgehead atoms. The number of rotatable bonds is 6. The maximum Gasteiger partial charge on any atom is 0.0225 e. The minimum atomic E-state index is -0.174. The Morgan fingerprint density at radius 1 is 0.905 bits per heavy atom. The van der Waals surface area contributed by atoms with Crippen molar-refractivity contribution in [3.63, 3.8) is 0 Å². The first-order valence-electron chi connectivity index (χ1n) is 7.53. The first kappa shape index (κ1) is 15.7. The number of benzene rings is 2. The van der Waals surface area contributed by atoms with E-state index in [4.69, 9.17) is 5.73 Å². The number of nitrogens with two attached hydrogens (primary N) is 1. The largest absolute Gasteiger partial charge is 0.324 e. The molecule has 2 aromatic carbocycles. The monoisotopic (exact) mass is 282 g/mol. The van der Waals surface area contributed by atoms with Crippen molar-refractivity contribution in [1.29, 1.82) is 0 Å². The highest BCUT2D eigenvalue weighted by Crippen LogP contribution is 2.25. The molecule has 0 radical (unpaired) electrons. The standard InChI is InChI=1S/C19H26N2/c1-19(2,20)15-21(3)14-18(16-10-6-4-7-11-16)17-12-8-5-9-13-17/h4-13,18H,14-15,20H2,1-3H3. The molecule has 0 spiro atoms. The summed E-state index contributed by atoms with van der Waals surface area (Å²) in [4.78, 5) is 2.32. The summed E-state index contributed by atoms with van der Waals surface area (Å²) in [6.45, 7) is 5.99. The van der Waals surface area contributed by atoms with Gasteiger partial charge in [-0.05, 0) is 32.0 Å². The van der Waals surface area contributed by atoms with Crippen LogP contribution < -0.4 is 5.73 Å². The molecule has 2 nitrogen and oxygen atoms in total. The molecule has 0 aliphatic rings. The molecule has 0 atom stereocenters. The maximum atomic E-state index is 6.15. The lowest BCUT2D eigenvalue weighted by Gasteiger charge is -2.30. The van der Waals surface area contributed by atoms with Gasteiger partial charge in [0.2, 0.25) is 0 Å². The average molecular weight is 282 g/mol. The lowest BCUT2D eigenvalue weighted by molar-refractivity contribution is 0.263. The van der Waals surface area contributed by atoms with Gasteiger partial charge in [-0.3, -0.25) is 0 Å². The van der Waals surface area contributed by atoms with Gasteiger partial charge in [-0.25, -0.2) is 0 Å². The van der Waals surface area contributed by atoms with E-state index in [-0.39, 0.29) is 5.54 Å². The molecule has 2 aromatic rings. The first-order chi connectivity index (χ1) is 9.96. The molecule has 2 heteroatoms. The van der Waals surface area contributed by atoms with Gasteiger partial charge in [0.05, 0.1) is 0 Å². The summed E-state index contributed by atoms with van der Waals surface area (Å²) < 4.78 is 0. The highest BCUT2D eigenvalue weighted by molar-refractivity contribution is 5.32. The SMILES string of the molecule is CN(CC(c1ccccc1)c1ccccc1)CC(C)(C)N. The summed E-state index contributed by atoms with van der Waals surface area (Å²) in [5.74, 6) is 0.375. The van der Waals surface area contributed by atoms with Crippen molar-refractivity contribution in [2.45, 2.75) is 25.3 Å². The summed E-state index contributed by atoms with van der Waals surface area (Å²) in [6.07, 6.45) is 0. The molecule has 0 aromatic heterocycles. The van der Waals surface area contributed by atoms with Gasteiger partial charge in [0.15, 0.2) is 0 Å². The Morgan fingerprint density at radius 2 is 1.33 bits per heavy atom. The smallest absolute Gasteiger partial charge is 0.0225 e. The second-order valence-corrected chi connectivity index (χ2v) is 6.56. The van der Waals surface area contributed by atoms with E-state index in [2.05, 4.69) is 86.5 Å². The summed E-state index contributed by atoms with van der Waals surface area (Å²) in [5.41, 5.74) is 8.68. The summed E-state index contributed by atoms with van der Waals surface area (Å²) >= 11 is 0.